The zero-order chi connectivity index (χ0) is 11.4. The lowest BCUT2D eigenvalue weighted by Crippen LogP contribution is -2.22. The van der Waals surface area contributed by atoms with Crippen molar-refractivity contribution in [2.75, 3.05) is 5.73 Å². The van der Waals surface area contributed by atoms with Gasteiger partial charge < -0.3 is 15.4 Å². The van der Waals surface area contributed by atoms with Gasteiger partial charge in [-0.1, -0.05) is 0 Å². The van der Waals surface area contributed by atoms with Crippen LogP contribution in [0.2, 0.25) is 0 Å². The van der Waals surface area contributed by atoms with E-state index in [0.717, 1.165) is 12.1 Å². The number of aromatic nitrogens is 1. The minimum atomic E-state index is -0.318. The molecule has 1 heterocycles. The van der Waals surface area contributed by atoms with Crippen LogP contribution in [0.25, 0.3) is 0 Å². The maximum absolute atomic E-state index is 11.5. The van der Waals surface area contributed by atoms with E-state index in [1.165, 1.54) is 6.07 Å². The number of anilines is 1. The summed E-state index contributed by atoms with van der Waals surface area (Å²) in [7, 11) is 0. The van der Waals surface area contributed by atoms with Crippen molar-refractivity contribution in [2.24, 2.45) is 0 Å². The zero-order valence-electron chi connectivity index (χ0n) is 9.23. The second kappa shape index (κ2) is 4.98. The predicted octanol–water partition coefficient (Wildman–Crippen LogP) is 0.900. The summed E-state index contributed by atoms with van der Waals surface area (Å²) in [6, 6.07) is 3.10. The fraction of sp³-hybridized carbons (Fsp3) is 0.545. The summed E-state index contributed by atoms with van der Waals surface area (Å²) < 4.78 is 1.65. The monoisotopic (exact) mass is 210 g/mol. The summed E-state index contributed by atoms with van der Waals surface area (Å²) >= 11 is 0. The molecule has 0 fully saturated rings. The number of nitrogen functional groups attached to an aromatic ring is 1. The average Bonchev–Trinajstić information content (AvgIpc) is 2.17. The van der Waals surface area contributed by atoms with Crippen LogP contribution in [0.1, 0.15) is 25.5 Å². The number of rotatable bonds is 4. The molecule has 1 unspecified atom stereocenters. The minimum Gasteiger partial charge on any atom is -0.397 e. The Hall–Kier alpha value is -1.29. The van der Waals surface area contributed by atoms with Gasteiger partial charge >= 0.3 is 0 Å². The van der Waals surface area contributed by atoms with Gasteiger partial charge in [-0.05, 0) is 32.8 Å². The molecule has 1 aromatic rings. The molecule has 0 aliphatic carbocycles. The van der Waals surface area contributed by atoms with Gasteiger partial charge in [-0.3, -0.25) is 4.79 Å². The Morgan fingerprint density at radius 3 is 2.80 bits per heavy atom. The quantitative estimate of drug-likeness (QED) is 0.775. The van der Waals surface area contributed by atoms with Crippen molar-refractivity contribution < 1.29 is 5.11 Å². The third kappa shape index (κ3) is 3.09. The molecule has 4 nitrogen and oxygen atoms in total. The Morgan fingerprint density at radius 1 is 1.53 bits per heavy atom. The van der Waals surface area contributed by atoms with Gasteiger partial charge in [0.05, 0.1) is 11.8 Å². The lowest BCUT2D eigenvalue weighted by atomic mass is 10.2. The second-order valence-electron chi connectivity index (χ2n) is 3.86. The van der Waals surface area contributed by atoms with Gasteiger partial charge in [0.25, 0.3) is 5.56 Å². The molecule has 3 N–H and O–H groups in total. The lowest BCUT2D eigenvalue weighted by Gasteiger charge is -2.11. The van der Waals surface area contributed by atoms with Gasteiger partial charge in [-0.15, -0.1) is 0 Å². The summed E-state index contributed by atoms with van der Waals surface area (Å²) in [6.45, 7) is 4.19. The van der Waals surface area contributed by atoms with E-state index in [2.05, 4.69) is 0 Å². The fourth-order valence-electron chi connectivity index (χ4n) is 1.52. The Morgan fingerprint density at radius 2 is 2.20 bits per heavy atom. The first-order valence-corrected chi connectivity index (χ1v) is 5.16. The number of aliphatic hydroxyl groups is 1. The largest absolute Gasteiger partial charge is 0.397 e. The van der Waals surface area contributed by atoms with Crippen molar-refractivity contribution in [3.8, 4) is 0 Å². The van der Waals surface area contributed by atoms with E-state index in [1.807, 2.05) is 6.92 Å². The number of pyridine rings is 1. The molecular weight excluding hydrogens is 192 g/mol. The van der Waals surface area contributed by atoms with Crippen molar-refractivity contribution in [2.45, 2.75) is 39.3 Å². The van der Waals surface area contributed by atoms with Crippen LogP contribution in [-0.4, -0.2) is 15.8 Å². The number of aliphatic hydroxyl groups excluding tert-OH is 1. The summed E-state index contributed by atoms with van der Waals surface area (Å²) in [4.78, 5) is 11.5. The maximum atomic E-state index is 11.5. The Kier molecular flexibility index (Phi) is 3.91. The molecule has 1 aromatic heterocycles. The minimum absolute atomic E-state index is 0.0349. The summed E-state index contributed by atoms with van der Waals surface area (Å²) in [5.41, 5.74) is 7.11. The summed E-state index contributed by atoms with van der Waals surface area (Å²) in [5, 5.41) is 9.11. The average molecular weight is 210 g/mol. The fourth-order valence-corrected chi connectivity index (χ4v) is 1.52. The van der Waals surface area contributed by atoms with Crippen LogP contribution in [0.4, 0.5) is 5.69 Å². The highest BCUT2D eigenvalue weighted by atomic mass is 16.3. The first-order valence-electron chi connectivity index (χ1n) is 5.16. The Balaban J connectivity index is 2.76. The Bertz CT molecular complexity index is 383. The molecule has 4 heteroatoms. The van der Waals surface area contributed by atoms with Gasteiger partial charge in [0, 0.05) is 18.3 Å². The van der Waals surface area contributed by atoms with Gasteiger partial charge in [0.15, 0.2) is 0 Å². The van der Waals surface area contributed by atoms with E-state index in [0.29, 0.717) is 18.7 Å². The van der Waals surface area contributed by atoms with E-state index >= 15 is 0 Å². The molecule has 0 bridgehead atoms. The van der Waals surface area contributed by atoms with E-state index in [-0.39, 0.29) is 11.7 Å². The third-order valence-electron chi connectivity index (χ3n) is 2.50. The molecule has 0 saturated carbocycles. The van der Waals surface area contributed by atoms with Gasteiger partial charge in [0.1, 0.15) is 0 Å². The molecule has 15 heavy (non-hydrogen) atoms. The number of nitrogens with two attached hydrogens (primary N) is 1. The van der Waals surface area contributed by atoms with Crippen LogP contribution in [0.5, 0.6) is 0 Å². The highest BCUT2D eigenvalue weighted by molar-refractivity contribution is 5.41. The van der Waals surface area contributed by atoms with Crippen molar-refractivity contribution >= 4 is 5.69 Å². The molecule has 0 saturated heterocycles. The standard InChI is InChI=1S/C11H18N2O2/c1-8(14)4-3-7-13-9(2)10(12)5-6-11(13)15/h5-6,8,14H,3-4,7,12H2,1-2H3. The van der Waals surface area contributed by atoms with Crippen molar-refractivity contribution in [3.63, 3.8) is 0 Å². The highest BCUT2D eigenvalue weighted by Gasteiger charge is 2.03. The van der Waals surface area contributed by atoms with Gasteiger partial charge in [-0.25, -0.2) is 0 Å². The van der Waals surface area contributed by atoms with Crippen LogP contribution in [0.3, 0.4) is 0 Å². The molecule has 0 radical (unpaired) electrons. The van der Waals surface area contributed by atoms with Gasteiger partial charge in [0.2, 0.25) is 0 Å². The molecule has 84 valence electrons. The van der Waals surface area contributed by atoms with E-state index in [1.54, 1.807) is 17.6 Å². The molecule has 1 rings (SSSR count). The molecule has 0 aliphatic heterocycles. The molecule has 0 spiro atoms. The first kappa shape index (κ1) is 11.8. The molecule has 0 amide bonds. The lowest BCUT2D eigenvalue weighted by molar-refractivity contribution is 0.179. The molecule has 0 aromatic carbocycles. The molecular formula is C11H18N2O2. The van der Waals surface area contributed by atoms with Crippen LogP contribution < -0.4 is 11.3 Å². The topological polar surface area (TPSA) is 68.2 Å². The van der Waals surface area contributed by atoms with Crippen molar-refractivity contribution in [1.29, 1.82) is 0 Å². The molecule has 1 atom stereocenters. The Labute approximate surface area is 89.3 Å². The van der Waals surface area contributed by atoms with Crippen LogP contribution in [-0.2, 0) is 6.54 Å². The zero-order valence-corrected chi connectivity index (χ0v) is 9.23. The van der Waals surface area contributed by atoms with Crippen molar-refractivity contribution in [3.05, 3.63) is 28.2 Å². The third-order valence-corrected chi connectivity index (χ3v) is 2.50. The first-order chi connectivity index (χ1) is 7.02. The summed E-state index contributed by atoms with van der Waals surface area (Å²) in [6.07, 6.45) is 1.16. The summed E-state index contributed by atoms with van der Waals surface area (Å²) in [5.74, 6) is 0. The smallest absolute Gasteiger partial charge is 0.250 e. The predicted molar refractivity (Wildman–Crippen MR) is 60.8 cm³/mol. The van der Waals surface area contributed by atoms with Crippen molar-refractivity contribution in [1.82, 2.24) is 4.57 Å². The van der Waals surface area contributed by atoms with E-state index < -0.39 is 0 Å². The van der Waals surface area contributed by atoms with Crippen LogP contribution >= 0.6 is 0 Å². The van der Waals surface area contributed by atoms with Crippen LogP contribution in [0, 0.1) is 6.92 Å². The van der Waals surface area contributed by atoms with Crippen LogP contribution in [0.15, 0.2) is 16.9 Å². The van der Waals surface area contributed by atoms with E-state index in [9.17, 15) is 4.79 Å². The number of hydrogen-bond acceptors (Lipinski definition) is 3. The van der Waals surface area contributed by atoms with Gasteiger partial charge in [-0.2, -0.15) is 0 Å². The normalized spacial score (nSPS) is 12.7. The number of hydrogen-bond donors (Lipinski definition) is 2. The molecule has 0 aliphatic rings. The second-order valence-corrected chi connectivity index (χ2v) is 3.86. The SMILES string of the molecule is Cc1c(N)ccc(=O)n1CCCC(C)O. The highest BCUT2D eigenvalue weighted by Crippen LogP contribution is 2.08. The maximum Gasteiger partial charge on any atom is 0.250 e. The number of nitrogens with zero attached hydrogens (tertiary/aromatic N) is 1. The van der Waals surface area contributed by atoms with E-state index in [4.69, 9.17) is 10.8 Å².